The lowest BCUT2D eigenvalue weighted by atomic mass is 10.1. The van der Waals surface area contributed by atoms with Gasteiger partial charge in [0.2, 0.25) is 11.8 Å². The number of hydrogen-bond acceptors (Lipinski definition) is 3. The number of ether oxygens (including phenoxy) is 1. The number of likely N-dealkylation sites (tertiary alicyclic amines) is 1. The van der Waals surface area contributed by atoms with Gasteiger partial charge < -0.3 is 14.5 Å². The average molecular weight is 365 g/mol. The number of amides is 2. The van der Waals surface area contributed by atoms with Crippen molar-refractivity contribution in [1.29, 1.82) is 0 Å². The zero-order valence-corrected chi connectivity index (χ0v) is 15.2. The summed E-state index contributed by atoms with van der Waals surface area (Å²) >= 11 is 6.22. The topological polar surface area (TPSA) is 49.9 Å². The third kappa shape index (κ3) is 4.95. The van der Waals surface area contributed by atoms with Crippen LogP contribution in [0, 0.1) is 0 Å². The fraction of sp³-hybridized carbons (Fsp3) is 0.579. The van der Waals surface area contributed by atoms with Crippen LogP contribution in [0.25, 0.3) is 0 Å². The molecule has 3 rings (SSSR count). The maximum atomic E-state index is 12.5. The fourth-order valence-electron chi connectivity index (χ4n) is 3.50. The van der Waals surface area contributed by atoms with E-state index in [-0.39, 0.29) is 17.9 Å². The molecular formula is C19H25ClN2O3. The van der Waals surface area contributed by atoms with Crippen LogP contribution in [0.15, 0.2) is 24.3 Å². The van der Waals surface area contributed by atoms with Crippen molar-refractivity contribution < 1.29 is 14.3 Å². The molecule has 2 fully saturated rings. The van der Waals surface area contributed by atoms with Crippen LogP contribution in [-0.4, -0.2) is 60.5 Å². The molecule has 2 aliphatic rings. The third-order valence-electron chi connectivity index (χ3n) is 4.89. The van der Waals surface area contributed by atoms with Crippen molar-refractivity contribution in [3.63, 3.8) is 0 Å². The van der Waals surface area contributed by atoms with Crippen LogP contribution in [0.5, 0.6) is 0 Å². The summed E-state index contributed by atoms with van der Waals surface area (Å²) in [6.07, 6.45) is 3.52. The van der Waals surface area contributed by atoms with Crippen LogP contribution in [0.4, 0.5) is 0 Å². The first kappa shape index (κ1) is 18.2. The average Bonchev–Trinajstić information content (AvgIpc) is 3.02. The number of carbonyl (C=O) groups is 2. The summed E-state index contributed by atoms with van der Waals surface area (Å²) in [4.78, 5) is 27.8. The molecule has 25 heavy (non-hydrogen) atoms. The summed E-state index contributed by atoms with van der Waals surface area (Å²) in [5, 5.41) is 0.741. The lowest BCUT2D eigenvalue weighted by Crippen LogP contribution is -2.46. The normalized spacial score (nSPS) is 21.0. The molecule has 2 saturated heterocycles. The Bertz CT molecular complexity index is 622. The number of nitrogens with zero attached hydrogens (tertiary/aromatic N) is 2. The first-order valence-corrected chi connectivity index (χ1v) is 9.42. The number of morpholine rings is 1. The maximum absolute atomic E-state index is 12.5. The van der Waals surface area contributed by atoms with Gasteiger partial charge in [-0.3, -0.25) is 9.59 Å². The minimum atomic E-state index is -0.0160. The molecule has 0 bridgehead atoms. The summed E-state index contributed by atoms with van der Waals surface area (Å²) in [7, 11) is 0. The van der Waals surface area contributed by atoms with Crippen molar-refractivity contribution >= 4 is 23.4 Å². The molecule has 2 amide bonds. The Labute approximate surface area is 153 Å². The second kappa shape index (κ2) is 8.68. The summed E-state index contributed by atoms with van der Waals surface area (Å²) in [6.45, 7) is 3.33. The highest BCUT2D eigenvalue weighted by atomic mass is 35.5. The van der Waals surface area contributed by atoms with Gasteiger partial charge in [0.15, 0.2) is 0 Å². The predicted octanol–water partition coefficient (Wildman–Crippen LogP) is 2.51. The largest absolute Gasteiger partial charge is 0.374 e. The Morgan fingerprint density at radius 2 is 2.12 bits per heavy atom. The highest BCUT2D eigenvalue weighted by Crippen LogP contribution is 2.20. The number of hydrogen-bond donors (Lipinski definition) is 0. The first-order valence-electron chi connectivity index (χ1n) is 9.04. The van der Waals surface area contributed by atoms with Gasteiger partial charge in [0.25, 0.3) is 0 Å². The molecule has 1 atom stereocenters. The molecule has 0 aliphatic carbocycles. The molecular weight excluding hydrogens is 340 g/mol. The van der Waals surface area contributed by atoms with Crippen LogP contribution in [-0.2, 0) is 20.7 Å². The van der Waals surface area contributed by atoms with Crippen LogP contribution in [0.3, 0.4) is 0 Å². The summed E-state index contributed by atoms with van der Waals surface area (Å²) in [6, 6.07) is 7.75. The smallest absolute Gasteiger partial charge is 0.222 e. The lowest BCUT2D eigenvalue weighted by molar-refractivity contribution is -0.139. The van der Waals surface area contributed by atoms with Gasteiger partial charge in [-0.05, 0) is 24.5 Å². The van der Waals surface area contributed by atoms with E-state index in [1.54, 1.807) is 0 Å². The molecule has 1 aromatic rings. The van der Waals surface area contributed by atoms with Crippen LogP contribution in [0.2, 0.25) is 5.02 Å². The molecule has 1 aromatic carbocycles. The highest BCUT2D eigenvalue weighted by molar-refractivity contribution is 6.31. The second-order valence-corrected chi connectivity index (χ2v) is 7.12. The summed E-state index contributed by atoms with van der Waals surface area (Å²) in [5.74, 6) is 0.373. The fourth-order valence-corrected chi connectivity index (χ4v) is 3.71. The van der Waals surface area contributed by atoms with Gasteiger partial charge in [-0.25, -0.2) is 0 Å². The van der Waals surface area contributed by atoms with E-state index in [2.05, 4.69) is 0 Å². The quantitative estimate of drug-likeness (QED) is 0.779. The van der Waals surface area contributed by atoms with E-state index in [9.17, 15) is 9.59 Å². The second-order valence-electron chi connectivity index (χ2n) is 6.72. The van der Waals surface area contributed by atoms with Gasteiger partial charge in [-0.2, -0.15) is 0 Å². The summed E-state index contributed by atoms with van der Waals surface area (Å²) < 4.78 is 5.81. The van der Waals surface area contributed by atoms with E-state index in [1.807, 2.05) is 34.1 Å². The number of halogens is 1. The zero-order valence-electron chi connectivity index (χ0n) is 14.5. The van der Waals surface area contributed by atoms with Gasteiger partial charge >= 0.3 is 0 Å². The SMILES string of the molecule is O=C1CCCN1CCCC(=O)N1CCOC(Cc2ccccc2Cl)C1. The van der Waals surface area contributed by atoms with E-state index in [1.165, 1.54) is 0 Å². The van der Waals surface area contributed by atoms with Gasteiger partial charge in [0.1, 0.15) is 0 Å². The minimum absolute atomic E-state index is 0.0160. The molecule has 0 N–H and O–H groups in total. The molecule has 136 valence electrons. The van der Waals surface area contributed by atoms with E-state index in [4.69, 9.17) is 16.3 Å². The molecule has 0 radical (unpaired) electrons. The number of rotatable bonds is 6. The molecule has 0 spiro atoms. The summed E-state index contributed by atoms with van der Waals surface area (Å²) in [5.41, 5.74) is 1.05. The van der Waals surface area contributed by atoms with Crippen LogP contribution < -0.4 is 0 Å². The molecule has 0 aromatic heterocycles. The minimum Gasteiger partial charge on any atom is -0.374 e. The van der Waals surface area contributed by atoms with Crippen molar-refractivity contribution in [3.8, 4) is 0 Å². The van der Waals surface area contributed by atoms with Crippen molar-refractivity contribution in [3.05, 3.63) is 34.9 Å². The Balaban J connectivity index is 1.45. The molecule has 5 nitrogen and oxygen atoms in total. The Morgan fingerprint density at radius 3 is 2.88 bits per heavy atom. The van der Waals surface area contributed by atoms with E-state index in [0.29, 0.717) is 45.5 Å². The van der Waals surface area contributed by atoms with E-state index < -0.39 is 0 Å². The number of benzene rings is 1. The van der Waals surface area contributed by atoms with Crippen LogP contribution in [0.1, 0.15) is 31.2 Å². The zero-order chi connectivity index (χ0) is 17.6. The maximum Gasteiger partial charge on any atom is 0.222 e. The molecule has 2 heterocycles. The van der Waals surface area contributed by atoms with Crippen molar-refractivity contribution in [1.82, 2.24) is 9.80 Å². The van der Waals surface area contributed by atoms with Crippen molar-refractivity contribution in [2.24, 2.45) is 0 Å². The number of carbonyl (C=O) groups excluding carboxylic acids is 2. The highest BCUT2D eigenvalue weighted by Gasteiger charge is 2.25. The predicted molar refractivity (Wildman–Crippen MR) is 96.5 cm³/mol. The lowest BCUT2D eigenvalue weighted by Gasteiger charge is -2.33. The standard InChI is InChI=1S/C19H25ClN2O3/c20-17-6-2-1-5-15(17)13-16-14-22(11-12-25-16)19(24)8-4-10-21-9-3-7-18(21)23/h1-2,5-6,16H,3-4,7-14H2. The van der Waals surface area contributed by atoms with E-state index >= 15 is 0 Å². The molecule has 6 heteroatoms. The molecule has 1 unspecified atom stereocenters. The Morgan fingerprint density at radius 1 is 1.28 bits per heavy atom. The van der Waals surface area contributed by atoms with Crippen molar-refractivity contribution in [2.75, 3.05) is 32.8 Å². The van der Waals surface area contributed by atoms with E-state index in [0.717, 1.165) is 30.0 Å². The molecule has 2 aliphatic heterocycles. The third-order valence-corrected chi connectivity index (χ3v) is 5.26. The molecule has 0 saturated carbocycles. The Kier molecular flexibility index (Phi) is 6.32. The monoisotopic (exact) mass is 364 g/mol. The van der Waals surface area contributed by atoms with Gasteiger partial charge in [0.05, 0.1) is 12.7 Å². The van der Waals surface area contributed by atoms with Crippen molar-refractivity contribution in [2.45, 2.75) is 38.2 Å². The first-order chi connectivity index (χ1) is 12.1. The van der Waals surface area contributed by atoms with Gasteiger partial charge in [-0.15, -0.1) is 0 Å². The van der Waals surface area contributed by atoms with Gasteiger partial charge in [0, 0.05) is 50.5 Å². The van der Waals surface area contributed by atoms with Crippen LogP contribution >= 0.6 is 11.6 Å². The Hall–Kier alpha value is -1.59. The van der Waals surface area contributed by atoms with Gasteiger partial charge in [-0.1, -0.05) is 29.8 Å².